The van der Waals surface area contributed by atoms with Crippen molar-refractivity contribution in [3.8, 4) is 0 Å². The molecule has 0 bridgehead atoms. The van der Waals surface area contributed by atoms with Gasteiger partial charge in [-0.25, -0.2) is 0 Å². The average molecular weight is 328 g/mol. The standard InChI is InChI=1S/C14H18ClN5.ClH/c1-19-11(8-17-18-19)10-20-7-6-16-9-14(20)12-4-2-3-5-13(12)15;/h2-5,8,14,16H,6-7,9-10H2,1H3;1H. The van der Waals surface area contributed by atoms with Gasteiger partial charge in [-0.05, 0) is 11.6 Å². The first-order valence-corrected chi connectivity index (χ1v) is 7.16. The van der Waals surface area contributed by atoms with Crippen molar-refractivity contribution in [2.75, 3.05) is 19.6 Å². The van der Waals surface area contributed by atoms with Gasteiger partial charge in [0.15, 0.2) is 0 Å². The third-order valence-electron chi connectivity index (χ3n) is 3.79. The number of aryl methyl sites for hydroxylation is 1. The Labute approximate surface area is 135 Å². The number of piperazine rings is 1. The van der Waals surface area contributed by atoms with Crippen LogP contribution in [0.3, 0.4) is 0 Å². The molecule has 1 unspecified atom stereocenters. The molecule has 3 rings (SSSR count). The van der Waals surface area contributed by atoms with Crippen LogP contribution in [-0.4, -0.2) is 39.5 Å². The molecule has 2 aromatic rings. The summed E-state index contributed by atoms with van der Waals surface area (Å²) in [4.78, 5) is 2.43. The molecule has 1 N–H and O–H groups in total. The summed E-state index contributed by atoms with van der Waals surface area (Å²) < 4.78 is 1.83. The molecule has 21 heavy (non-hydrogen) atoms. The number of rotatable bonds is 3. The maximum Gasteiger partial charge on any atom is 0.0738 e. The Kier molecular flexibility index (Phi) is 5.58. The molecule has 0 spiro atoms. The summed E-state index contributed by atoms with van der Waals surface area (Å²) in [5.41, 5.74) is 2.29. The van der Waals surface area contributed by atoms with Crippen molar-refractivity contribution >= 4 is 24.0 Å². The third-order valence-corrected chi connectivity index (χ3v) is 4.14. The Morgan fingerprint density at radius 1 is 1.38 bits per heavy atom. The van der Waals surface area contributed by atoms with Crippen molar-refractivity contribution in [3.63, 3.8) is 0 Å². The van der Waals surface area contributed by atoms with Gasteiger partial charge in [0.05, 0.1) is 11.9 Å². The van der Waals surface area contributed by atoms with E-state index in [1.54, 1.807) is 0 Å². The number of hydrogen-bond acceptors (Lipinski definition) is 4. The molecular weight excluding hydrogens is 309 g/mol. The van der Waals surface area contributed by atoms with Crippen molar-refractivity contribution < 1.29 is 0 Å². The maximum absolute atomic E-state index is 6.35. The van der Waals surface area contributed by atoms with E-state index in [0.29, 0.717) is 0 Å². The molecule has 1 aromatic heterocycles. The lowest BCUT2D eigenvalue weighted by Gasteiger charge is -2.36. The number of nitrogens with one attached hydrogen (secondary N) is 1. The number of benzene rings is 1. The van der Waals surface area contributed by atoms with Crippen LogP contribution in [0.1, 0.15) is 17.3 Å². The number of nitrogens with zero attached hydrogens (tertiary/aromatic N) is 4. The van der Waals surface area contributed by atoms with Crippen LogP contribution < -0.4 is 5.32 Å². The van der Waals surface area contributed by atoms with E-state index in [1.165, 1.54) is 5.56 Å². The van der Waals surface area contributed by atoms with E-state index in [9.17, 15) is 0 Å². The first-order valence-electron chi connectivity index (χ1n) is 6.78. The predicted molar refractivity (Wildman–Crippen MR) is 85.7 cm³/mol. The van der Waals surface area contributed by atoms with Crippen LogP contribution in [0.2, 0.25) is 5.02 Å². The van der Waals surface area contributed by atoms with Gasteiger partial charge >= 0.3 is 0 Å². The fourth-order valence-electron chi connectivity index (χ4n) is 2.65. The highest BCUT2D eigenvalue weighted by Gasteiger charge is 2.26. The summed E-state index contributed by atoms with van der Waals surface area (Å²) in [6.45, 7) is 3.73. The Balaban J connectivity index is 0.00000161. The molecule has 0 radical (unpaired) electrons. The zero-order valence-corrected chi connectivity index (χ0v) is 13.4. The van der Waals surface area contributed by atoms with E-state index in [1.807, 2.05) is 36.1 Å². The quantitative estimate of drug-likeness (QED) is 0.937. The van der Waals surface area contributed by atoms with Gasteiger partial charge in [0.1, 0.15) is 0 Å². The first-order chi connectivity index (χ1) is 9.75. The Hall–Kier alpha value is -1.14. The van der Waals surface area contributed by atoms with Crippen LogP contribution in [-0.2, 0) is 13.6 Å². The molecule has 0 aliphatic carbocycles. The molecule has 2 heterocycles. The number of aromatic nitrogens is 3. The molecule has 1 saturated heterocycles. The Bertz CT molecular complexity index is 586. The van der Waals surface area contributed by atoms with Crippen LogP contribution in [0.15, 0.2) is 30.5 Å². The molecule has 114 valence electrons. The van der Waals surface area contributed by atoms with Crippen LogP contribution in [0, 0.1) is 0 Å². The minimum absolute atomic E-state index is 0. The number of hydrogen-bond donors (Lipinski definition) is 1. The fourth-order valence-corrected chi connectivity index (χ4v) is 2.91. The van der Waals surface area contributed by atoms with E-state index < -0.39 is 0 Å². The molecule has 7 heteroatoms. The highest BCUT2D eigenvalue weighted by atomic mass is 35.5. The number of halogens is 2. The van der Waals surface area contributed by atoms with Crippen molar-refractivity contribution in [3.05, 3.63) is 46.7 Å². The van der Waals surface area contributed by atoms with Crippen molar-refractivity contribution in [2.45, 2.75) is 12.6 Å². The van der Waals surface area contributed by atoms with Crippen molar-refractivity contribution in [1.82, 2.24) is 25.2 Å². The first kappa shape index (κ1) is 16.2. The second-order valence-electron chi connectivity index (χ2n) is 5.06. The minimum Gasteiger partial charge on any atom is -0.314 e. The van der Waals surface area contributed by atoms with Gasteiger partial charge in [0.2, 0.25) is 0 Å². The second-order valence-corrected chi connectivity index (χ2v) is 5.47. The molecule has 5 nitrogen and oxygen atoms in total. The average Bonchev–Trinajstić information content (AvgIpc) is 2.86. The zero-order valence-electron chi connectivity index (χ0n) is 11.9. The lowest BCUT2D eigenvalue weighted by molar-refractivity contribution is 0.150. The van der Waals surface area contributed by atoms with E-state index >= 15 is 0 Å². The molecule has 1 aliphatic heterocycles. The van der Waals surface area contributed by atoms with Gasteiger partial charge < -0.3 is 5.32 Å². The van der Waals surface area contributed by atoms with Gasteiger partial charge in [0.25, 0.3) is 0 Å². The topological polar surface area (TPSA) is 46.0 Å². The lowest BCUT2D eigenvalue weighted by atomic mass is 10.0. The van der Waals surface area contributed by atoms with E-state index in [-0.39, 0.29) is 18.4 Å². The monoisotopic (exact) mass is 327 g/mol. The summed E-state index contributed by atoms with van der Waals surface area (Å²) in [5.74, 6) is 0. The Morgan fingerprint density at radius 3 is 2.90 bits per heavy atom. The van der Waals surface area contributed by atoms with E-state index in [2.05, 4.69) is 26.6 Å². The normalized spacial score (nSPS) is 19.2. The fraction of sp³-hybridized carbons (Fsp3) is 0.429. The zero-order chi connectivity index (χ0) is 13.9. The highest BCUT2D eigenvalue weighted by molar-refractivity contribution is 6.31. The summed E-state index contributed by atoms with van der Waals surface area (Å²) in [5, 5.41) is 12.2. The summed E-state index contributed by atoms with van der Waals surface area (Å²) in [7, 11) is 1.93. The van der Waals surface area contributed by atoms with Crippen LogP contribution in [0.4, 0.5) is 0 Å². The van der Waals surface area contributed by atoms with Crippen molar-refractivity contribution in [1.29, 1.82) is 0 Å². The highest BCUT2D eigenvalue weighted by Crippen LogP contribution is 2.29. The SMILES string of the molecule is Cl.Cn1nncc1CN1CCNCC1c1ccccc1Cl. The van der Waals surface area contributed by atoms with Crippen LogP contribution in [0.25, 0.3) is 0 Å². The molecule has 0 saturated carbocycles. The molecular formula is C14H19Cl2N5. The van der Waals surface area contributed by atoms with Crippen LogP contribution in [0.5, 0.6) is 0 Å². The predicted octanol–water partition coefficient (Wildman–Crippen LogP) is 2.04. The van der Waals surface area contributed by atoms with Crippen molar-refractivity contribution in [2.24, 2.45) is 7.05 Å². The van der Waals surface area contributed by atoms with Gasteiger partial charge in [-0.2, -0.15) is 0 Å². The largest absolute Gasteiger partial charge is 0.314 e. The lowest BCUT2D eigenvalue weighted by Crippen LogP contribution is -2.45. The smallest absolute Gasteiger partial charge is 0.0738 e. The molecule has 1 aliphatic rings. The minimum atomic E-state index is 0. The summed E-state index contributed by atoms with van der Waals surface area (Å²) >= 11 is 6.35. The van der Waals surface area contributed by atoms with Gasteiger partial charge in [-0.1, -0.05) is 35.0 Å². The van der Waals surface area contributed by atoms with Gasteiger partial charge in [-0.3, -0.25) is 9.58 Å². The second kappa shape index (κ2) is 7.22. The summed E-state index contributed by atoms with van der Waals surface area (Å²) in [6.07, 6.45) is 1.83. The van der Waals surface area contributed by atoms with Crippen LogP contribution >= 0.6 is 24.0 Å². The van der Waals surface area contributed by atoms with Gasteiger partial charge in [-0.15, -0.1) is 17.5 Å². The molecule has 1 atom stereocenters. The van der Waals surface area contributed by atoms with E-state index in [0.717, 1.165) is 36.9 Å². The third kappa shape index (κ3) is 3.55. The Morgan fingerprint density at radius 2 is 2.19 bits per heavy atom. The molecule has 0 amide bonds. The summed E-state index contributed by atoms with van der Waals surface area (Å²) in [6, 6.07) is 8.35. The molecule has 1 aromatic carbocycles. The van der Waals surface area contributed by atoms with Gasteiger partial charge in [0, 0.05) is 44.3 Å². The van der Waals surface area contributed by atoms with E-state index in [4.69, 9.17) is 11.6 Å². The maximum atomic E-state index is 6.35. The molecule has 1 fully saturated rings.